The summed E-state index contributed by atoms with van der Waals surface area (Å²) < 4.78 is 5.16. The monoisotopic (exact) mass is 342 g/mol. The quantitative estimate of drug-likeness (QED) is 0.524. The first-order chi connectivity index (χ1) is 11.2. The van der Waals surface area contributed by atoms with E-state index in [2.05, 4.69) is 11.0 Å². The average molecular weight is 342 g/mol. The summed E-state index contributed by atoms with van der Waals surface area (Å²) in [4.78, 5) is 34.2. The molecule has 1 fully saturated rings. The number of carbonyl (C=O) groups excluding carboxylic acids is 2. The van der Waals surface area contributed by atoms with E-state index in [-0.39, 0.29) is 29.3 Å². The van der Waals surface area contributed by atoms with Crippen LogP contribution >= 0.6 is 0 Å². The lowest BCUT2D eigenvalue weighted by Gasteiger charge is -2.29. The Hall–Kier alpha value is -2.02. The maximum atomic E-state index is 11.6. The van der Waals surface area contributed by atoms with Crippen LogP contribution in [0.15, 0.2) is 10.5 Å². The van der Waals surface area contributed by atoms with Crippen molar-refractivity contribution in [1.29, 1.82) is 0 Å². The molecule has 6 N–H and O–H groups in total. The zero-order valence-electron chi connectivity index (χ0n) is 13.9. The highest BCUT2D eigenvalue weighted by Gasteiger charge is 2.40. The molecular weight excluding hydrogens is 320 g/mol. The summed E-state index contributed by atoms with van der Waals surface area (Å²) in [6.07, 6.45) is -1.10. The Labute approximate surface area is 138 Å². The van der Waals surface area contributed by atoms with E-state index in [1.807, 2.05) is 27.7 Å². The molecule has 0 radical (unpaired) electrons. The molecule has 1 aliphatic rings. The first kappa shape index (κ1) is 18.3. The SMILES string of the molecule is CC(C)ON1NNC(c2cc(C(N)=O)oc2C(N)=O)N1OC(C)C. The fourth-order valence-corrected chi connectivity index (χ4v) is 2.04. The first-order valence-corrected chi connectivity index (χ1v) is 7.38. The number of nitrogens with one attached hydrogen (secondary N) is 2. The molecular formula is C13H22N6O5. The third-order valence-electron chi connectivity index (χ3n) is 2.85. The van der Waals surface area contributed by atoms with Crippen LogP contribution < -0.4 is 22.4 Å². The first-order valence-electron chi connectivity index (χ1n) is 7.38. The molecule has 24 heavy (non-hydrogen) atoms. The van der Waals surface area contributed by atoms with Crippen LogP contribution in [0.25, 0.3) is 0 Å². The number of hydrogen-bond donors (Lipinski definition) is 4. The van der Waals surface area contributed by atoms with Gasteiger partial charge in [0.2, 0.25) is 0 Å². The van der Waals surface area contributed by atoms with Crippen LogP contribution in [0.4, 0.5) is 0 Å². The third-order valence-corrected chi connectivity index (χ3v) is 2.85. The number of carbonyl (C=O) groups is 2. The van der Waals surface area contributed by atoms with Gasteiger partial charge in [-0.2, -0.15) is 0 Å². The van der Waals surface area contributed by atoms with Crippen LogP contribution in [0.5, 0.6) is 0 Å². The zero-order valence-corrected chi connectivity index (χ0v) is 13.9. The number of rotatable bonds is 7. The molecule has 11 heteroatoms. The minimum atomic E-state index is -0.841. The van der Waals surface area contributed by atoms with Gasteiger partial charge in [0.15, 0.2) is 11.5 Å². The molecule has 1 unspecified atom stereocenters. The molecule has 2 heterocycles. The number of hydroxylamine groups is 1. The highest BCUT2D eigenvalue weighted by Crippen LogP contribution is 2.29. The Morgan fingerprint density at radius 3 is 2.29 bits per heavy atom. The lowest BCUT2D eigenvalue weighted by molar-refractivity contribution is -0.432. The van der Waals surface area contributed by atoms with E-state index in [0.29, 0.717) is 0 Å². The predicted molar refractivity (Wildman–Crippen MR) is 80.9 cm³/mol. The minimum absolute atomic E-state index is 0.155. The molecule has 1 atom stereocenters. The van der Waals surface area contributed by atoms with Gasteiger partial charge in [-0.05, 0) is 39.0 Å². The largest absolute Gasteiger partial charge is 0.445 e. The molecule has 1 aliphatic heterocycles. The molecule has 0 aliphatic carbocycles. The van der Waals surface area contributed by atoms with Crippen molar-refractivity contribution in [2.45, 2.75) is 46.1 Å². The highest BCUT2D eigenvalue weighted by molar-refractivity contribution is 5.95. The third kappa shape index (κ3) is 3.90. The Morgan fingerprint density at radius 1 is 1.17 bits per heavy atom. The molecule has 0 aromatic carbocycles. The van der Waals surface area contributed by atoms with Crippen LogP contribution in [0, 0.1) is 0 Å². The molecule has 0 saturated carbocycles. The van der Waals surface area contributed by atoms with Crippen molar-refractivity contribution in [3.8, 4) is 0 Å². The van der Waals surface area contributed by atoms with E-state index in [4.69, 9.17) is 25.6 Å². The lowest BCUT2D eigenvalue weighted by atomic mass is 10.2. The number of primary amides is 2. The summed E-state index contributed by atoms with van der Waals surface area (Å²) in [5.41, 5.74) is 16.4. The maximum absolute atomic E-state index is 11.6. The van der Waals surface area contributed by atoms with Gasteiger partial charge in [-0.3, -0.25) is 19.3 Å². The van der Waals surface area contributed by atoms with Gasteiger partial charge < -0.3 is 15.9 Å². The number of amides is 2. The van der Waals surface area contributed by atoms with Crippen molar-refractivity contribution < 1.29 is 23.7 Å². The van der Waals surface area contributed by atoms with Crippen LogP contribution in [0.1, 0.15) is 60.5 Å². The van der Waals surface area contributed by atoms with Crippen molar-refractivity contribution in [2.24, 2.45) is 11.5 Å². The van der Waals surface area contributed by atoms with Gasteiger partial charge in [0.05, 0.1) is 12.2 Å². The summed E-state index contributed by atoms with van der Waals surface area (Å²) in [6, 6.07) is 1.33. The molecule has 0 bridgehead atoms. The van der Waals surface area contributed by atoms with Gasteiger partial charge >= 0.3 is 0 Å². The second-order valence-corrected chi connectivity index (χ2v) is 5.67. The Bertz CT molecular complexity index is 616. The number of furan rings is 1. The summed E-state index contributed by atoms with van der Waals surface area (Å²) in [5, 5.41) is 2.56. The van der Waals surface area contributed by atoms with Crippen LogP contribution in [-0.2, 0) is 9.68 Å². The van der Waals surface area contributed by atoms with Gasteiger partial charge in [-0.1, -0.05) is 5.17 Å². The van der Waals surface area contributed by atoms with Gasteiger partial charge in [0.25, 0.3) is 11.8 Å². The van der Waals surface area contributed by atoms with Gasteiger partial charge in [-0.15, -0.1) is 5.53 Å². The topological polar surface area (TPSA) is 148 Å². The number of hydrazine groups is 3. The molecule has 134 valence electrons. The molecule has 1 saturated heterocycles. The fraction of sp³-hybridized carbons (Fsp3) is 0.538. The van der Waals surface area contributed by atoms with Gasteiger partial charge in [0, 0.05) is 5.56 Å². The summed E-state index contributed by atoms with van der Waals surface area (Å²) >= 11 is 0. The normalized spacial score (nSPS) is 19.5. The van der Waals surface area contributed by atoms with E-state index in [1.165, 1.54) is 16.5 Å². The highest BCUT2D eigenvalue weighted by atomic mass is 16.9. The van der Waals surface area contributed by atoms with Crippen molar-refractivity contribution in [3.63, 3.8) is 0 Å². The van der Waals surface area contributed by atoms with Gasteiger partial charge in [0.1, 0.15) is 6.17 Å². The lowest BCUT2D eigenvalue weighted by Crippen LogP contribution is -2.45. The molecule has 1 aromatic heterocycles. The molecule has 11 nitrogen and oxygen atoms in total. The summed E-state index contributed by atoms with van der Waals surface area (Å²) in [6.45, 7) is 7.31. The zero-order chi connectivity index (χ0) is 18.0. The van der Waals surface area contributed by atoms with Crippen molar-refractivity contribution >= 4 is 11.8 Å². The minimum Gasteiger partial charge on any atom is -0.445 e. The number of nitrogens with two attached hydrogens (primary N) is 2. The molecule has 1 aromatic rings. The van der Waals surface area contributed by atoms with E-state index >= 15 is 0 Å². The van der Waals surface area contributed by atoms with Crippen LogP contribution in [0.3, 0.4) is 0 Å². The van der Waals surface area contributed by atoms with E-state index in [0.717, 1.165) is 0 Å². The van der Waals surface area contributed by atoms with E-state index in [1.54, 1.807) is 0 Å². The van der Waals surface area contributed by atoms with Crippen molar-refractivity contribution in [1.82, 2.24) is 21.4 Å². The fourth-order valence-electron chi connectivity index (χ4n) is 2.04. The summed E-state index contributed by atoms with van der Waals surface area (Å²) in [7, 11) is 0. The second kappa shape index (κ2) is 7.25. The standard InChI is InChI=1S/C13H22N6O5/c1-6(2)23-18-13(16-17-19(18)24-7(3)4)8-5-9(11(14)20)22-10(8)12(15)21/h5-7,13,16-17H,1-4H3,(H2,14,20)(H2,15,21). The predicted octanol–water partition coefficient (Wildman–Crippen LogP) is -0.302. The molecule has 2 amide bonds. The average Bonchev–Trinajstić information content (AvgIpc) is 3.03. The smallest absolute Gasteiger partial charge is 0.284 e. The van der Waals surface area contributed by atoms with Crippen LogP contribution in [-0.4, -0.2) is 34.5 Å². The maximum Gasteiger partial charge on any atom is 0.284 e. The Balaban J connectivity index is 2.38. The molecule has 2 rings (SSSR count). The summed E-state index contributed by atoms with van der Waals surface area (Å²) in [5.74, 6) is -2.05. The van der Waals surface area contributed by atoms with Crippen molar-refractivity contribution in [2.75, 3.05) is 0 Å². The van der Waals surface area contributed by atoms with Crippen molar-refractivity contribution in [3.05, 3.63) is 23.2 Å². The number of nitrogens with zero attached hydrogens (tertiary/aromatic N) is 2. The second-order valence-electron chi connectivity index (χ2n) is 5.67. The Morgan fingerprint density at radius 2 is 1.79 bits per heavy atom. The van der Waals surface area contributed by atoms with Gasteiger partial charge in [-0.25, -0.2) is 5.43 Å². The van der Waals surface area contributed by atoms with E-state index < -0.39 is 18.0 Å². The molecule has 0 spiro atoms. The van der Waals surface area contributed by atoms with E-state index in [9.17, 15) is 9.59 Å². The Kier molecular flexibility index (Phi) is 5.54. The number of hydrogen-bond acceptors (Lipinski definition) is 9. The van der Waals surface area contributed by atoms with Crippen LogP contribution in [0.2, 0.25) is 0 Å².